The monoisotopic (exact) mass is 239 g/mol. The number of nitro groups is 1. The highest BCUT2D eigenvalue weighted by atomic mass is 16.6. The van der Waals surface area contributed by atoms with Crippen LogP contribution in [0, 0.1) is 10.1 Å². The number of nitrogens with two attached hydrogens (primary N) is 1. The first kappa shape index (κ1) is 12.4. The summed E-state index contributed by atoms with van der Waals surface area (Å²) in [7, 11) is 0. The minimum Gasteiger partial charge on any atom is -0.484 e. The highest BCUT2D eigenvalue weighted by Crippen LogP contribution is 2.18. The molecule has 0 aliphatic carbocycles. The topological polar surface area (TPSA) is 125 Å². The third kappa shape index (κ3) is 4.16. The number of non-ortho nitro benzene ring substituents is 1. The normalized spacial score (nSPS) is 9.41. The van der Waals surface area contributed by atoms with Crippen LogP contribution in [0.15, 0.2) is 24.3 Å². The fourth-order valence-corrected chi connectivity index (χ4v) is 1.01. The van der Waals surface area contributed by atoms with E-state index < -0.39 is 23.5 Å². The zero-order valence-corrected chi connectivity index (χ0v) is 8.58. The van der Waals surface area contributed by atoms with Crippen molar-refractivity contribution in [3.63, 3.8) is 0 Å². The number of nitro benzene ring substituents is 1. The van der Waals surface area contributed by atoms with Crippen LogP contribution in [0.25, 0.3) is 0 Å². The van der Waals surface area contributed by atoms with Crippen LogP contribution in [0.4, 0.5) is 10.5 Å². The minimum absolute atomic E-state index is 0.152. The van der Waals surface area contributed by atoms with Crippen LogP contribution in [0.2, 0.25) is 0 Å². The molecule has 0 heterocycles. The lowest BCUT2D eigenvalue weighted by atomic mass is 10.3. The number of primary amides is 1. The molecule has 0 saturated heterocycles. The third-order valence-corrected chi connectivity index (χ3v) is 1.66. The van der Waals surface area contributed by atoms with Gasteiger partial charge in [0.1, 0.15) is 5.75 Å². The van der Waals surface area contributed by atoms with Gasteiger partial charge in [0.15, 0.2) is 6.61 Å². The lowest BCUT2D eigenvalue weighted by Crippen LogP contribution is -2.38. The van der Waals surface area contributed by atoms with E-state index in [0.29, 0.717) is 0 Å². The Hall–Kier alpha value is -2.64. The number of hydrogen-bond donors (Lipinski definition) is 2. The van der Waals surface area contributed by atoms with Gasteiger partial charge in [-0.3, -0.25) is 20.2 Å². The van der Waals surface area contributed by atoms with E-state index >= 15 is 0 Å². The fourth-order valence-electron chi connectivity index (χ4n) is 1.01. The number of carbonyl (C=O) groups is 2. The lowest BCUT2D eigenvalue weighted by molar-refractivity contribution is -0.384. The van der Waals surface area contributed by atoms with Crippen LogP contribution >= 0.6 is 0 Å². The van der Waals surface area contributed by atoms with Gasteiger partial charge in [-0.25, -0.2) is 4.79 Å². The zero-order chi connectivity index (χ0) is 12.8. The van der Waals surface area contributed by atoms with Gasteiger partial charge in [0, 0.05) is 6.07 Å². The maximum atomic E-state index is 11.0. The molecule has 0 aliphatic heterocycles. The van der Waals surface area contributed by atoms with E-state index in [1.54, 1.807) is 5.32 Å². The van der Waals surface area contributed by atoms with Crippen LogP contribution in [0.3, 0.4) is 0 Å². The van der Waals surface area contributed by atoms with Crippen molar-refractivity contribution in [3.8, 4) is 5.75 Å². The van der Waals surface area contributed by atoms with Gasteiger partial charge < -0.3 is 10.5 Å². The molecule has 0 spiro atoms. The van der Waals surface area contributed by atoms with E-state index in [1.807, 2.05) is 0 Å². The van der Waals surface area contributed by atoms with Crippen LogP contribution in [-0.2, 0) is 4.79 Å². The summed E-state index contributed by atoms with van der Waals surface area (Å²) in [6.07, 6.45) is 0. The standard InChI is InChI=1S/C9H9N3O5/c10-9(14)11-8(13)5-17-7-3-1-2-6(4-7)12(15)16/h1-4H,5H2,(H3,10,11,13,14). The van der Waals surface area contributed by atoms with E-state index in [-0.39, 0.29) is 11.4 Å². The van der Waals surface area contributed by atoms with Crippen molar-refractivity contribution in [2.75, 3.05) is 6.61 Å². The largest absolute Gasteiger partial charge is 0.484 e. The maximum absolute atomic E-state index is 11.0. The van der Waals surface area contributed by atoms with Crippen LogP contribution < -0.4 is 15.8 Å². The molecule has 0 aromatic heterocycles. The van der Waals surface area contributed by atoms with Crippen molar-refractivity contribution in [1.29, 1.82) is 0 Å². The molecular weight excluding hydrogens is 230 g/mol. The number of imide groups is 1. The van der Waals surface area contributed by atoms with Gasteiger partial charge in [-0.2, -0.15) is 0 Å². The van der Waals surface area contributed by atoms with Crippen molar-refractivity contribution >= 4 is 17.6 Å². The number of urea groups is 1. The number of nitrogens with zero attached hydrogens (tertiary/aromatic N) is 1. The Labute approximate surface area is 95.5 Å². The molecule has 8 nitrogen and oxygen atoms in total. The Balaban J connectivity index is 2.57. The van der Waals surface area contributed by atoms with Gasteiger partial charge in [-0.05, 0) is 6.07 Å². The first-order chi connectivity index (χ1) is 7.99. The van der Waals surface area contributed by atoms with E-state index in [2.05, 4.69) is 0 Å². The van der Waals surface area contributed by atoms with Crippen molar-refractivity contribution in [2.45, 2.75) is 0 Å². The van der Waals surface area contributed by atoms with Gasteiger partial charge >= 0.3 is 6.03 Å². The van der Waals surface area contributed by atoms with Crippen LogP contribution in [-0.4, -0.2) is 23.5 Å². The molecule has 3 N–H and O–H groups in total. The summed E-state index contributed by atoms with van der Waals surface area (Å²) in [6.45, 7) is -0.454. The number of carbonyl (C=O) groups excluding carboxylic acids is 2. The second-order valence-electron chi connectivity index (χ2n) is 2.96. The smallest absolute Gasteiger partial charge is 0.318 e. The molecule has 1 aromatic rings. The summed E-state index contributed by atoms with van der Waals surface area (Å²) in [6, 6.07) is 4.33. The van der Waals surface area contributed by atoms with Crippen LogP contribution in [0.5, 0.6) is 5.75 Å². The first-order valence-electron chi connectivity index (χ1n) is 4.45. The summed E-state index contributed by atoms with van der Waals surface area (Å²) in [5.74, 6) is -0.581. The predicted molar refractivity (Wildman–Crippen MR) is 56.3 cm³/mol. The van der Waals surface area contributed by atoms with E-state index in [0.717, 1.165) is 6.07 Å². The van der Waals surface area contributed by atoms with Crippen LogP contribution in [0.1, 0.15) is 0 Å². The van der Waals surface area contributed by atoms with E-state index in [4.69, 9.17) is 10.5 Å². The fraction of sp³-hybridized carbons (Fsp3) is 0.111. The number of nitrogens with one attached hydrogen (secondary N) is 1. The van der Waals surface area contributed by atoms with Gasteiger partial charge in [0.25, 0.3) is 11.6 Å². The zero-order valence-electron chi connectivity index (χ0n) is 8.58. The Bertz CT molecular complexity index is 460. The van der Waals surface area contributed by atoms with Crippen molar-refractivity contribution in [2.24, 2.45) is 5.73 Å². The lowest BCUT2D eigenvalue weighted by Gasteiger charge is -2.04. The molecule has 0 fully saturated rings. The molecule has 17 heavy (non-hydrogen) atoms. The maximum Gasteiger partial charge on any atom is 0.318 e. The molecular formula is C9H9N3O5. The SMILES string of the molecule is NC(=O)NC(=O)COc1cccc([N+](=O)[O-])c1. The molecule has 3 amide bonds. The molecule has 0 bridgehead atoms. The molecule has 0 atom stereocenters. The Kier molecular flexibility index (Phi) is 3.98. The highest BCUT2D eigenvalue weighted by molar-refractivity contribution is 5.94. The summed E-state index contributed by atoms with van der Waals surface area (Å²) < 4.78 is 4.94. The summed E-state index contributed by atoms with van der Waals surface area (Å²) in [5, 5.41) is 12.2. The first-order valence-corrected chi connectivity index (χ1v) is 4.45. The average Bonchev–Trinajstić information content (AvgIpc) is 2.26. The number of hydrogen-bond acceptors (Lipinski definition) is 5. The molecule has 0 aliphatic rings. The number of amides is 3. The van der Waals surface area contributed by atoms with E-state index in [1.165, 1.54) is 18.2 Å². The molecule has 0 unspecified atom stereocenters. The second-order valence-corrected chi connectivity index (χ2v) is 2.96. The number of rotatable bonds is 4. The summed E-state index contributed by atoms with van der Waals surface area (Å²) >= 11 is 0. The third-order valence-electron chi connectivity index (χ3n) is 1.66. The minimum atomic E-state index is -0.988. The Morgan fingerprint density at radius 1 is 1.47 bits per heavy atom. The van der Waals surface area contributed by atoms with Gasteiger partial charge in [0.2, 0.25) is 0 Å². The van der Waals surface area contributed by atoms with Crippen molar-refractivity contribution < 1.29 is 19.2 Å². The molecule has 0 radical (unpaired) electrons. The number of ether oxygens (including phenoxy) is 1. The predicted octanol–water partition coefficient (Wildman–Crippen LogP) is 0.168. The van der Waals surface area contributed by atoms with E-state index in [9.17, 15) is 19.7 Å². The van der Waals surface area contributed by atoms with Gasteiger partial charge in [-0.1, -0.05) is 6.07 Å². The molecule has 90 valence electrons. The molecule has 8 heteroatoms. The van der Waals surface area contributed by atoms with Crippen molar-refractivity contribution in [3.05, 3.63) is 34.4 Å². The average molecular weight is 239 g/mol. The molecule has 1 aromatic carbocycles. The summed E-state index contributed by atoms with van der Waals surface area (Å²) in [4.78, 5) is 31.1. The second kappa shape index (κ2) is 5.45. The Morgan fingerprint density at radius 3 is 2.76 bits per heavy atom. The van der Waals surface area contributed by atoms with Crippen molar-refractivity contribution in [1.82, 2.24) is 5.32 Å². The van der Waals surface area contributed by atoms with Gasteiger partial charge in [-0.15, -0.1) is 0 Å². The quantitative estimate of drug-likeness (QED) is 0.572. The molecule has 0 saturated carbocycles. The highest BCUT2D eigenvalue weighted by Gasteiger charge is 2.08. The Morgan fingerprint density at radius 2 is 2.18 bits per heavy atom. The number of benzene rings is 1. The summed E-state index contributed by atoms with van der Waals surface area (Å²) in [5.41, 5.74) is 4.56. The molecule has 1 rings (SSSR count). The van der Waals surface area contributed by atoms with Gasteiger partial charge in [0.05, 0.1) is 11.0 Å².